The Labute approximate surface area is 115 Å². The van der Waals surface area contributed by atoms with E-state index in [1.165, 1.54) is 16.6 Å². The molecular weight excluding hydrogens is 260 g/mol. The Morgan fingerprint density at radius 3 is 3.00 bits per heavy atom. The fourth-order valence-corrected chi connectivity index (χ4v) is 3.47. The molecule has 2 aromatic rings. The van der Waals surface area contributed by atoms with Crippen LogP contribution in [0.15, 0.2) is 29.8 Å². The SMILES string of the molecule is CC1c2ccsc2CCN1c1ccc(C(=O)O)cn1. The van der Waals surface area contributed by atoms with Crippen molar-refractivity contribution in [2.45, 2.75) is 19.4 Å². The molecule has 3 heterocycles. The van der Waals surface area contributed by atoms with Gasteiger partial charge >= 0.3 is 5.97 Å². The van der Waals surface area contributed by atoms with E-state index in [-0.39, 0.29) is 11.6 Å². The summed E-state index contributed by atoms with van der Waals surface area (Å²) in [5.74, 6) is -0.0970. The van der Waals surface area contributed by atoms with Crippen LogP contribution >= 0.6 is 11.3 Å². The summed E-state index contributed by atoms with van der Waals surface area (Å²) in [4.78, 5) is 18.8. The van der Waals surface area contributed by atoms with Gasteiger partial charge < -0.3 is 10.0 Å². The predicted octanol–water partition coefficient (Wildman–Crippen LogP) is 2.97. The highest BCUT2D eigenvalue weighted by atomic mass is 32.1. The zero-order valence-corrected chi connectivity index (χ0v) is 11.4. The molecule has 0 spiro atoms. The van der Waals surface area contributed by atoms with Crippen LogP contribution in [0.1, 0.15) is 33.8 Å². The number of nitrogens with zero attached hydrogens (tertiary/aromatic N) is 2. The molecule has 1 aliphatic rings. The summed E-state index contributed by atoms with van der Waals surface area (Å²) in [6, 6.07) is 5.86. The number of hydrogen-bond donors (Lipinski definition) is 1. The first-order valence-electron chi connectivity index (χ1n) is 6.19. The zero-order chi connectivity index (χ0) is 13.4. The highest BCUT2D eigenvalue weighted by Gasteiger charge is 2.25. The van der Waals surface area contributed by atoms with Gasteiger partial charge in [-0.3, -0.25) is 0 Å². The third kappa shape index (κ3) is 2.10. The second-order valence-electron chi connectivity index (χ2n) is 4.63. The van der Waals surface area contributed by atoms with Crippen LogP contribution in [0.4, 0.5) is 5.82 Å². The molecule has 0 saturated heterocycles. The molecule has 1 aliphatic heterocycles. The summed E-state index contributed by atoms with van der Waals surface area (Å²) >= 11 is 1.81. The largest absolute Gasteiger partial charge is 0.478 e. The Morgan fingerprint density at radius 1 is 1.47 bits per heavy atom. The number of carbonyl (C=O) groups is 1. The maximum Gasteiger partial charge on any atom is 0.337 e. The van der Waals surface area contributed by atoms with Gasteiger partial charge in [0.05, 0.1) is 11.6 Å². The fraction of sp³-hybridized carbons (Fsp3) is 0.286. The molecule has 1 atom stereocenters. The van der Waals surface area contributed by atoms with E-state index >= 15 is 0 Å². The normalized spacial score (nSPS) is 18.2. The van der Waals surface area contributed by atoms with Gasteiger partial charge in [-0.05, 0) is 42.5 Å². The van der Waals surface area contributed by atoms with Crippen LogP contribution in [0.5, 0.6) is 0 Å². The number of anilines is 1. The Kier molecular flexibility index (Phi) is 2.98. The minimum atomic E-state index is -0.939. The van der Waals surface area contributed by atoms with Crippen molar-refractivity contribution in [3.63, 3.8) is 0 Å². The summed E-state index contributed by atoms with van der Waals surface area (Å²) in [6.45, 7) is 3.09. The van der Waals surface area contributed by atoms with E-state index in [2.05, 4.69) is 28.3 Å². The van der Waals surface area contributed by atoms with Gasteiger partial charge in [-0.2, -0.15) is 0 Å². The molecule has 2 aromatic heterocycles. The summed E-state index contributed by atoms with van der Waals surface area (Å²) < 4.78 is 0. The van der Waals surface area contributed by atoms with Crippen molar-refractivity contribution >= 4 is 23.1 Å². The van der Waals surface area contributed by atoms with Crippen molar-refractivity contribution in [2.24, 2.45) is 0 Å². The van der Waals surface area contributed by atoms with Gasteiger partial charge in [0.2, 0.25) is 0 Å². The molecule has 4 nitrogen and oxygen atoms in total. The third-order valence-electron chi connectivity index (χ3n) is 3.57. The highest BCUT2D eigenvalue weighted by molar-refractivity contribution is 7.10. The molecule has 0 saturated carbocycles. The van der Waals surface area contributed by atoms with Gasteiger partial charge in [-0.1, -0.05) is 0 Å². The molecule has 1 N–H and O–H groups in total. The Morgan fingerprint density at radius 2 is 2.32 bits per heavy atom. The van der Waals surface area contributed by atoms with E-state index in [9.17, 15) is 4.79 Å². The molecule has 0 bridgehead atoms. The number of hydrogen-bond acceptors (Lipinski definition) is 4. The molecule has 98 valence electrons. The van der Waals surface area contributed by atoms with Crippen molar-refractivity contribution in [3.8, 4) is 0 Å². The average molecular weight is 274 g/mol. The molecule has 0 aromatic carbocycles. The highest BCUT2D eigenvalue weighted by Crippen LogP contribution is 2.35. The average Bonchev–Trinajstić information content (AvgIpc) is 2.88. The Balaban J connectivity index is 1.89. The lowest BCUT2D eigenvalue weighted by atomic mass is 10.0. The second-order valence-corrected chi connectivity index (χ2v) is 5.63. The number of fused-ring (bicyclic) bond motifs is 1. The third-order valence-corrected chi connectivity index (χ3v) is 4.56. The number of thiophene rings is 1. The Hall–Kier alpha value is -1.88. The first-order chi connectivity index (χ1) is 9.16. The van der Waals surface area contributed by atoms with Crippen molar-refractivity contribution < 1.29 is 9.90 Å². The van der Waals surface area contributed by atoms with Crippen LogP contribution in [0.2, 0.25) is 0 Å². The van der Waals surface area contributed by atoms with E-state index in [1.807, 2.05) is 11.3 Å². The van der Waals surface area contributed by atoms with Gasteiger partial charge in [0.1, 0.15) is 5.82 Å². The van der Waals surface area contributed by atoms with E-state index in [4.69, 9.17) is 5.11 Å². The summed E-state index contributed by atoms with van der Waals surface area (Å²) in [5.41, 5.74) is 1.59. The lowest BCUT2D eigenvalue weighted by molar-refractivity contribution is 0.0696. The first-order valence-corrected chi connectivity index (χ1v) is 7.07. The van der Waals surface area contributed by atoms with Crippen molar-refractivity contribution in [3.05, 3.63) is 45.8 Å². The number of pyridine rings is 1. The van der Waals surface area contributed by atoms with Crippen molar-refractivity contribution in [2.75, 3.05) is 11.4 Å². The van der Waals surface area contributed by atoms with E-state index in [0.29, 0.717) is 0 Å². The second kappa shape index (κ2) is 4.66. The number of carboxylic acids is 1. The number of carboxylic acid groups (broad SMARTS) is 1. The minimum Gasteiger partial charge on any atom is -0.478 e. The molecule has 3 rings (SSSR count). The van der Waals surface area contributed by atoms with E-state index in [0.717, 1.165) is 18.8 Å². The lowest BCUT2D eigenvalue weighted by Crippen LogP contribution is -2.33. The summed E-state index contributed by atoms with van der Waals surface area (Å²) in [7, 11) is 0. The predicted molar refractivity (Wildman–Crippen MR) is 75.0 cm³/mol. The molecule has 0 radical (unpaired) electrons. The zero-order valence-electron chi connectivity index (χ0n) is 10.5. The molecule has 0 amide bonds. The van der Waals surface area contributed by atoms with Gasteiger partial charge in [0.15, 0.2) is 0 Å². The maximum absolute atomic E-state index is 10.8. The smallest absolute Gasteiger partial charge is 0.337 e. The van der Waals surface area contributed by atoms with Crippen molar-refractivity contribution in [1.82, 2.24) is 4.98 Å². The van der Waals surface area contributed by atoms with Crippen LogP contribution in [-0.4, -0.2) is 22.6 Å². The van der Waals surface area contributed by atoms with Gasteiger partial charge in [-0.15, -0.1) is 11.3 Å². The lowest BCUT2D eigenvalue weighted by Gasteiger charge is -2.34. The number of aromatic carboxylic acids is 1. The molecule has 0 aliphatic carbocycles. The molecule has 5 heteroatoms. The van der Waals surface area contributed by atoms with Crippen molar-refractivity contribution in [1.29, 1.82) is 0 Å². The Bertz CT molecular complexity index is 606. The number of rotatable bonds is 2. The van der Waals surface area contributed by atoms with Crippen LogP contribution in [0, 0.1) is 0 Å². The minimum absolute atomic E-state index is 0.227. The summed E-state index contributed by atoms with van der Waals surface area (Å²) in [6.07, 6.45) is 2.45. The first kappa shape index (κ1) is 12.2. The molecule has 0 fully saturated rings. The van der Waals surface area contributed by atoms with Crippen LogP contribution < -0.4 is 4.90 Å². The van der Waals surface area contributed by atoms with E-state index < -0.39 is 5.97 Å². The van der Waals surface area contributed by atoms with Crippen LogP contribution in [0.3, 0.4) is 0 Å². The van der Waals surface area contributed by atoms with E-state index in [1.54, 1.807) is 12.1 Å². The van der Waals surface area contributed by atoms with Gasteiger partial charge in [-0.25, -0.2) is 9.78 Å². The monoisotopic (exact) mass is 274 g/mol. The standard InChI is InChI=1S/C14H14N2O2S/c1-9-11-5-7-19-12(11)4-6-16(9)13-3-2-10(8-15-13)14(17)18/h2-3,5,7-9H,4,6H2,1H3,(H,17,18). The van der Waals surface area contributed by atoms with Crippen LogP contribution in [-0.2, 0) is 6.42 Å². The summed E-state index contributed by atoms with van der Waals surface area (Å²) in [5, 5.41) is 11.0. The van der Waals surface area contributed by atoms with Gasteiger partial charge in [0.25, 0.3) is 0 Å². The molecule has 19 heavy (non-hydrogen) atoms. The van der Waals surface area contributed by atoms with Crippen LogP contribution in [0.25, 0.3) is 0 Å². The fourth-order valence-electron chi connectivity index (χ4n) is 2.50. The quantitative estimate of drug-likeness (QED) is 0.914. The molecule has 1 unspecified atom stereocenters. The van der Waals surface area contributed by atoms with Gasteiger partial charge in [0, 0.05) is 17.6 Å². The number of aromatic nitrogens is 1. The topological polar surface area (TPSA) is 53.4 Å². The molecular formula is C14H14N2O2S. The maximum atomic E-state index is 10.8.